The first-order valence-corrected chi connectivity index (χ1v) is 6.93. The van der Waals surface area contributed by atoms with Gasteiger partial charge in [0.1, 0.15) is 11.6 Å². The van der Waals surface area contributed by atoms with Gasteiger partial charge in [0.2, 0.25) is 0 Å². The van der Waals surface area contributed by atoms with Crippen LogP contribution in [0.3, 0.4) is 0 Å². The monoisotopic (exact) mass is 321 g/mol. The van der Waals surface area contributed by atoms with Crippen LogP contribution < -0.4 is 14.8 Å². The minimum absolute atomic E-state index is 0.0742. The summed E-state index contributed by atoms with van der Waals surface area (Å²) >= 11 is 0. The van der Waals surface area contributed by atoms with Crippen molar-refractivity contribution in [1.29, 1.82) is 0 Å². The Hall–Kier alpha value is -2.63. The normalized spacial score (nSPS) is 11.7. The van der Waals surface area contributed by atoms with Gasteiger partial charge in [-0.1, -0.05) is 6.07 Å². The molecule has 6 heteroatoms. The lowest BCUT2D eigenvalue weighted by atomic mass is 10.1. The molecule has 0 bridgehead atoms. The molecule has 1 amide bonds. The fourth-order valence-corrected chi connectivity index (χ4v) is 2.17. The van der Waals surface area contributed by atoms with E-state index < -0.39 is 17.5 Å². The Morgan fingerprint density at radius 3 is 2.17 bits per heavy atom. The predicted octanol–water partition coefficient (Wildman–Crippen LogP) is 3.47. The first-order valence-electron chi connectivity index (χ1n) is 6.93. The summed E-state index contributed by atoms with van der Waals surface area (Å²) in [5, 5.41) is 2.69. The standard InChI is InChI=1S/C17H17F2NO3/c1-10(11-4-5-15(22-2)16(8-11)23-3)20-17(21)12-6-13(18)9-14(19)7-12/h4-10H,1-3H3,(H,20,21)/t10-/m1/s1. The first kappa shape index (κ1) is 16.7. The van der Waals surface area contributed by atoms with Gasteiger partial charge < -0.3 is 14.8 Å². The fourth-order valence-electron chi connectivity index (χ4n) is 2.17. The van der Waals surface area contributed by atoms with E-state index in [9.17, 15) is 13.6 Å². The maximum Gasteiger partial charge on any atom is 0.251 e. The summed E-state index contributed by atoms with van der Waals surface area (Å²) in [5.74, 6) is -1.06. The highest BCUT2D eigenvalue weighted by molar-refractivity contribution is 5.94. The Balaban J connectivity index is 2.18. The minimum Gasteiger partial charge on any atom is -0.493 e. The van der Waals surface area contributed by atoms with Gasteiger partial charge in [-0.05, 0) is 36.8 Å². The van der Waals surface area contributed by atoms with Gasteiger partial charge in [0.25, 0.3) is 5.91 Å². The van der Waals surface area contributed by atoms with Gasteiger partial charge in [-0.3, -0.25) is 4.79 Å². The molecule has 1 atom stereocenters. The molecule has 2 aromatic carbocycles. The van der Waals surface area contributed by atoms with E-state index >= 15 is 0 Å². The van der Waals surface area contributed by atoms with Crippen molar-refractivity contribution < 1.29 is 23.0 Å². The van der Waals surface area contributed by atoms with Crippen LogP contribution in [0.25, 0.3) is 0 Å². The first-order chi connectivity index (χ1) is 10.9. The van der Waals surface area contributed by atoms with Crippen LogP contribution in [0, 0.1) is 11.6 Å². The van der Waals surface area contributed by atoms with Gasteiger partial charge in [-0.2, -0.15) is 0 Å². The van der Waals surface area contributed by atoms with E-state index in [1.807, 2.05) is 0 Å². The number of hydrogen-bond acceptors (Lipinski definition) is 3. The second-order valence-electron chi connectivity index (χ2n) is 4.97. The molecule has 0 aliphatic carbocycles. The molecular weight excluding hydrogens is 304 g/mol. The van der Waals surface area contributed by atoms with Gasteiger partial charge >= 0.3 is 0 Å². The Kier molecular flexibility index (Phi) is 5.16. The van der Waals surface area contributed by atoms with Crippen LogP contribution >= 0.6 is 0 Å². The molecule has 0 fully saturated rings. The summed E-state index contributed by atoms with van der Waals surface area (Å²) in [5.41, 5.74) is 0.697. The molecule has 0 radical (unpaired) electrons. The van der Waals surface area contributed by atoms with Crippen LogP contribution in [0.4, 0.5) is 8.78 Å². The van der Waals surface area contributed by atoms with E-state index in [4.69, 9.17) is 9.47 Å². The van der Waals surface area contributed by atoms with Crippen molar-refractivity contribution in [2.45, 2.75) is 13.0 Å². The van der Waals surface area contributed by atoms with Gasteiger partial charge in [0.15, 0.2) is 11.5 Å². The van der Waals surface area contributed by atoms with Crippen molar-refractivity contribution in [3.8, 4) is 11.5 Å². The van der Waals surface area contributed by atoms with Crippen molar-refractivity contribution in [2.75, 3.05) is 14.2 Å². The lowest BCUT2D eigenvalue weighted by molar-refractivity contribution is 0.0939. The number of rotatable bonds is 5. The average molecular weight is 321 g/mol. The van der Waals surface area contributed by atoms with Crippen LogP contribution in [0.2, 0.25) is 0 Å². The highest BCUT2D eigenvalue weighted by Gasteiger charge is 2.15. The summed E-state index contributed by atoms with van der Waals surface area (Å²) in [4.78, 5) is 12.1. The molecule has 1 N–H and O–H groups in total. The third kappa shape index (κ3) is 3.97. The highest BCUT2D eigenvalue weighted by Crippen LogP contribution is 2.29. The van der Waals surface area contributed by atoms with Crippen molar-refractivity contribution in [3.05, 3.63) is 59.2 Å². The zero-order chi connectivity index (χ0) is 17.0. The van der Waals surface area contributed by atoms with Gasteiger partial charge in [0, 0.05) is 11.6 Å². The van der Waals surface area contributed by atoms with E-state index in [2.05, 4.69) is 5.32 Å². The smallest absolute Gasteiger partial charge is 0.251 e. The van der Waals surface area contributed by atoms with Crippen molar-refractivity contribution >= 4 is 5.91 Å². The number of amides is 1. The molecule has 0 saturated heterocycles. The average Bonchev–Trinajstić information content (AvgIpc) is 2.53. The summed E-state index contributed by atoms with van der Waals surface area (Å²) in [7, 11) is 3.04. The molecule has 0 aliphatic heterocycles. The summed E-state index contributed by atoms with van der Waals surface area (Å²) in [6.45, 7) is 1.76. The van der Waals surface area contributed by atoms with Gasteiger partial charge in [-0.15, -0.1) is 0 Å². The molecule has 0 aliphatic rings. The largest absolute Gasteiger partial charge is 0.493 e. The zero-order valence-corrected chi connectivity index (χ0v) is 13.0. The van der Waals surface area contributed by atoms with Crippen LogP contribution in [0.15, 0.2) is 36.4 Å². The van der Waals surface area contributed by atoms with E-state index in [0.29, 0.717) is 17.6 Å². The lowest BCUT2D eigenvalue weighted by Crippen LogP contribution is -2.26. The quantitative estimate of drug-likeness (QED) is 0.917. The fraction of sp³-hybridized carbons (Fsp3) is 0.235. The van der Waals surface area contributed by atoms with E-state index in [1.54, 1.807) is 25.1 Å². The summed E-state index contributed by atoms with van der Waals surface area (Å²) in [6.07, 6.45) is 0. The molecule has 0 spiro atoms. The Bertz CT molecular complexity index is 699. The van der Waals surface area contributed by atoms with E-state index in [1.165, 1.54) is 14.2 Å². The van der Waals surface area contributed by atoms with E-state index in [-0.39, 0.29) is 11.6 Å². The second-order valence-corrected chi connectivity index (χ2v) is 4.97. The minimum atomic E-state index is -0.797. The Morgan fingerprint density at radius 1 is 1.00 bits per heavy atom. The number of hydrogen-bond donors (Lipinski definition) is 1. The van der Waals surface area contributed by atoms with Crippen molar-refractivity contribution in [1.82, 2.24) is 5.32 Å². The molecule has 2 rings (SSSR count). The topological polar surface area (TPSA) is 47.6 Å². The van der Waals surface area contributed by atoms with Gasteiger partial charge in [0.05, 0.1) is 20.3 Å². The summed E-state index contributed by atoms with van der Waals surface area (Å²) in [6, 6.07) is 7.54. The number of carbonyl (C=O) groups excluding carboxylic acids is 1. The molecule has 4 nitrogen and oxygen atoms in total. The zero-order valence-electron chi connectivity index (χ0n) is 13.0. The molecule has 122 valence electrons. The number of benzene rings is 2. The predicted molar refractivity (Wildman–Crippen MR) is 81.8 cm³/mol. The number of halogens is 2. The van der Waals surface area contributed by atoms with Crippen LogP contribution in [0.5, 0.6) is 11.5 Å². The molecule has 23 heavy (non-hydrogen) atoms. The van der Waals surface area contributed by atoms with Crippen LogP contribution in [-0.2, 0) is 0 Å². The van der Waals surface area contributed by atoms with Crippen molar-refractivity contribution in [3.63, 3.8) is 0 Å². The number of nitrogens with one attached hydrogen (secondary N) is 1. The number of ether oxygens (including phenoxy) is 2. The van der Waals surface area contributed by atoms with Crippen molar-refractivity contribution in [2.24, 2.45) is 0 Å². The highest BCUT2D eigenvalue weighted by atomic mass is 19.1. The lowest BCUT2D eigenvalue weighted by Gasteiger charge is -2.16. The molecule has 0 heterocycles. The van der Waals surface area contributed by atoms with Crippen LogP contribution in [0.1, 0.15) is 28.9 Å². The molecule has 0 aromatic heterocycles. The third-order valence-corrected chi connectivity index (χ3v) is 3.38. The molecule has 2 aromatic rings. The summed E-state index contributed by atoms with van der Waals surface area (Å²) < 4.78 is 36.7. The molecule has 0 saturated carbocycles. The van der Waals surface area contributed by atoms with E-state index in [0.717, 1.165) is 17.7 Å². The maximum absolute atomic E-state index is 13.2. The van der Waals surface area contributed by atoms with Crippen LogP contribution in [-0.4, -0.2) is 20.1 Å². The number of carbonyl (C=O) groups is 1. The SMILES string of the molecule is COc1ccc([C@@H](C)NC(=O)c2cc(F)cc(F)c2)cc1OC. The molecule has 0 unspecified atom stereocenters. The third-order valence-electron chi connectivity index (χ3n) is 3.38. The maximum atomic E-state index is 13.2. The Morgan fingerprint density at radius 2 is 1.61 bits per heavy atom. The second kappa shape index (κ2) is 7.09. The molecular formula is C17H17F2NO3. The Labute approximate surface area is 133 Å². The van der Waals surface area contributed by atoms with Gasteiger partial charge in [-0.25, -0.2) is 8.78 Å². The number of methoxy groups -OCH3 is 2.